The first kappa shape index (κ1) is 26.9. The van der Waals surface area contributed by atoms with Gasteiger partial charge >= 0.3 is 0 Å². The SMILES string of the molecule is CCCCCCCCCCCCCCCCCCCCc1cccc(OC)c1OC. The molecule has 0 saturated heterocycles. The van der Waals surface area contributed by atoms with Crippen LogP contribution in [0.1, 0.15) is 128 Å². The van der Waals surface area contributed by atoms with E-state index in [9.17, 15) is 0 Å². The number of rotatable bonds is 21. The Balaban J connectivity index is 1.85. The molecule has 0 aliphatic carbocycles. The molecule has 0 bridgehead atoms. The van der Waals surface area contributed by atoms with E-state index in [1.54, 1.807) is 14.2 Å². The standard InChI is InChI=1S/C28H50O2/c1-4-5-6-7-8-9-10-11-12-13-14-15-16-17-18-19-20-21-23-26-24-22-25-27(29-2)28(26)30-3/h22,24-25H,4-21,23H2,1-3H3. The molecule has 0 saturated carbocycles. The van der Waals surface area contributed by atoms with Crippen molar-refractivity contribution in [2.24, 2.45) is 0 Å². The monoisotopic (exact) mass is 418 g/mol. The summed E-state index contributed by atoms with van der Waals surface area (Å²) in [5, 5.41) is 0. The van der Waals surface area contributed by atoms with Gasteiger partial charge in [0.25, 0.3) is 0 Å². The maximum atomic E-state index is 5.53. The van der Waals surface area contributed by atoms with Crippen LogP contribution in [0.4, 0.5) is 0 Å². The molecule has 0 amide bonds. The lowest BCUT2D eigenvalue weighted by atomic mass is 10.0. The lowest BCUT2D eigenvalue weighted by Crippen LogP contribution is -1.96. The summed E-state index contributed by atoms with van der Waals surface area (Å²) in [5.41, 5.74) is 1.27. The van der Waals surface area contributed by atoms with Crippen molar-refractivity contribution in [3.05, 3.63) is 23.8 Å². The Morgan fingerprint density at radius 3 is 1.37 bits per heavy atom. The second kappa shape index (κ2) is 19.8. The Morgan fingerprint density at radius 1 is 0.533 bits per heavy atom. The number of para-hydroxylation sites is 1. The number of hydrogen-bond donors (Lipinski definition) is 0. The van der Waals surface area contributed by atoms with Gasteiger partial charge in [-0.15, -0.1) is 0 Å². The van der Waals surface area contributed by atoms with Crippen molar-refractivity contribution in [3.8, 4) is 11.5 Å². The molecule has 1 aromatic rings. The van der Waals surface area contributed by atoms with Crippen LogP contribution in [-0.4, -0.2) is 14.2 Å². The first-order valence-corrected chi connectivity index (χ1v) is 13.0. The Morgan fingerprint density at radius 2 is 0.967 bits per heavy atom. The molecule has 0 spiro atoms. The molecule has 0 atom stereocenters. The maximum Gasteiger partial charge on any atom is 0.163 e. The van der Waals surface area contributed by atoms with Gasteiger partial charge in [-0.25, -0.2) is 0 Å². The Labute approximate surface area is 188 Å². The van der Waals surface area contributed by atoms with Crippen LogP contribution >= 0.6 is 0 Å². The second-order valence-electron chi connectivity index (χ2n) is 8.91. The van der Waals surface area contributed by atoms with Crippen molar-refractivity contribution < 1.29 is 9.47 Å². The molecule has 0 fully saturated rings. The zero-order chi connectivity index (χ0) is 21.7. The fourth-order valence-electron chi connectivity index (χ4n) is 4.37. The molecule has 0 radical (unpaired) electrons. The van der Waals surface area contributed by atoms with Crippen LogP contribution in [0.2, 0.25) is 0 Å². The van der Waals surface area contributed by atoms with Crippen LogP contribution < -0.4 is 9.47 Å². The van der Waals surface area contributed by atoms with E-state index < -0.39 is 0 Å². The van der Waals surface area contributed by atoms with E-state index in [4.69, 9.17) is 9.47 Å². The third kappa shape index (κ3) is 13.2. The molecule has 0 aliphatic rings. The summed E-state index contributed by atoms with van der Waals surface area (Å²) in [6.07, 6.45) is 26.6. The second-order valence-corrected chi connectivity index (χ2v) is 8.91. The average molecular weight is 419 g/mol. The summed E-state index contributed by atoms with van der Waals surface area (Å²) in [6.45, 7) is 2.29. The van der Waals surface area contributed by atoms with Gasteiger partial charge in [-0.3, -0.25) is 0 Å². The predicted molar refractivity (Wildman–Crippen MR) is 132 cm³/mol. The van der Waals surface area contributed by atoms with Crippen LogP contribution in [0.15, 0.2) is 18.2 Å². The highest BCUT2D eigenvalue weighted by molar-refractivity contribution is 5.46. The minimum Gasteiger partial charge on any atom is -0.493 e. The molecule has 1 aromatic carbocycles. The summed E-state index contributed by atoms with van der Waals surface area (Å²) in [4.78, 5) is 0. The van der Waals surface area contributed by atoms with Gasteiger partial charge in [0.1, 0.15) is 0 Å². The van der Waals surface area contributed by atoms with E-state index >= 15 is 0 Å². The van der Waals surface area contributed by atoms with Crippen LogP contribution in [0, 0.1) is 0 Å². The number of ether oxygens (including phenoxy) is 2. The van der Waals surface area contributed by atoms with E-state index in [0.29, 0.717) is 0 Å². The van der Waals surface area contributed by atoms with Crippen molar-refractivity contribution in [3.63, 3.8) is 0 Å². The predicted octanol–water partition coefficient (Wildman–Crippen LogP) is 9.29. The molecule has 0 N–H and O–H groups in total. The molecule has 2 nitrogen and oxygen atoms in total. The van der Waals surface area contributed by atoms with Crippen molar-refractivity contribution >= 4 is 0 Å². The van der Waals surface area contributed by atoms with Crippen molar-refractivity contribution in [1.82, 2.24) is 0 Å². The van der Waals surface area contributed by atoms with Crippen LogP contribution in [0.25, 0.3) is 0 Å². The number of methoxy groups -OCH3 is 2. The number of hydrogen-bond acceptors (Lipinski definition) is 2. The van der Waals surface area contributed by atoms with Gasteiger partial charge in [0.2, 0.25) is 0 Å². The van der Waals surface area contributed by atoms with Crippen molar-refractivity contribution in [2.45, 2.75) is 129 Å². The van der Waals surface area contributed by atoms with E-state index in [1.165, 1.54) is 121 Å². The highest BCUT2D eigenvalue weighted by Gasteiger charge is 2.08. The average Bonchev–Trinajstić information content (AvgIpc) is 2.77. The van der Waals surface area contributed by atoms with E-state index in [-0.39, 0.29) is 0 Å². The molecular weight excluding hydrogens is 368 g/mol. The summed E-state index contributed by atoms with van der Waals surface area (Å²) in [5.74, 6) is 1.75. The highest BCUT2D eigenvalue weighted by atomic mass is 16.5. The molecular formula is C28H50O2. The van der Waals surface area contributed by atoms with Gasteiger partial charge in [-0.2, -0.15) is 0 Å². The first-order valence-electron chi connectivity index (χ1n) is 13.0. The van der Waals surface area contributed by atoms with Crippen molar-refractivity contribution in [2.75, 3.05) is 14.2 Å². The van der Waals surface area contributed by atoms with Gasteiger partial charge in [0, 0.05) is 0 Å². The first-order chi connectivity index (χ1) is 14.8. The minimum atomic E-state index is 0.845. The number of benzene rings is 1. The highest BCUT2D eigenvalue weighted by Crippen LogP contribution is 2.31. The molecule has 0 aromatic heterocycles. The fourth-order valence-corrected chi connectivity index (χ4v) is 4.37. The molecule has 30 heavy (non-hydrogen) atoms. The lowest BCUT2D eigenvalue weighted by Gasteiger charge is -2.12. The summed E-state index contributed by atoms with van der Waals surface area (Å²) in [7, 11) is 3.44. The Bertz CT molecular complexity index is 497. The molecule has 0 unspecified atom stereocenters. The largest absolute Gasteiger partial charge is 0.493 e. The van der Waals surface area contributed by atoms with Gasteiger partial charge in [0.05, 0.1) is 14.2 Å². The van der Waals surface area contributed by atoms with Gasteiger partial charge in [-0.1, -0.05) is 128 Å². The van der Waals surface area contributed by atoms with Gasteiger partial charge in [-0.05, 0) is 24.5 Å². The topological polar surface area (TPSA) is 18.5 Å². The van der Waals surface area contributed by atoms with Crippen molar-refractivity contribution in [1.29, 1.82) is 0 Å². The normalized spacial score (nSPS) is 11.0. The fraction of sp³-hybridized carbons (Fsp3) is 0.786. The van der Waals surface area contributed by atoms with Gasteiger partial charge < -0.3 is 9.47 Å². The summed E-state index contributed by atoms with van der Waals surface area (Å²) in [6, 6.07) is 6.19. The van der Waals surface area contributed by atoms with Crippen LogP contribution in [-0.2, 0) is 6.42 Å². The Kier molecular flexibility index (Phi) is 17.7. The van der Waals surface area contributed by atoms with Crippen LogP contribution in [0.3, 0.4) is 0 Å². The summed E-state index contributed by atoms with van der Waals surface area (Å²) < 4.78 is 10.9. The lowest BCUT2D eigenvalue weighted by molar-refractivity contribution is 0.351. The molecule has 2 heteroatoms. The van der Waals surface area contributed by atoms with E-state index in [2.05, 4.69) is 19.1 Å². The van der Waals surface area contributed by atoms with E-state index in [1.807, 2.05) is 6.07 Å². The number of unbranched alkanes of at least 4 members (excludes halogenated alkanes) is 17. The number of aryl methyl sites for hydroxylation is 1. The zero-order valence-electron chi connectivity index (χ0n) is 20.5. The molecule has 1 rings (SSSR count). The van der Waals surface area contributed by atoms with E-state index in [0.717, 1.165) is 17.9 Å². The maximum absolute atomic E-state index is 5.53. The minimum absolute atomic E-state index is 0.845. The quantitative estimate of drug-likeness (QED) is 0.185. The molecule has 174 valence electrons. The molecule has 0 heterocycles. The Hall–Kier alpha value is -1.18. The summed E-state index contributed by atoms with van der Waals surface area (Å²) >= 11 is 0. The third-order valence-electron chi connectivity index (χ3n) is 6.28. The zero-order valence-corrected chi connectivity index (χ0v) is 20.5. The van der Waals surface area contributed by atoms with Gasteiger partial charge in [0.15, 0.2) is 11.5 Å². The van der Waals surface area contributed by atoms with Crippen LogP contribution in [0.5, 0.6) is 11.5 Å². The third-order valence-corrected chi connectivity index (χ3v) is 6.28. The molecule has 0 aliphatic heterocycles. The smallest absolute Gasteiger partial charge is 0.163 e.